The average Bonchev–Trinajstić information content (AvgIpc) is 3.06. The summed E-state index contributed by atoms with van der Waals surface area (Å²) in [4.78, 5) is 16.8. The summed E-state index contributed by atoms with van der Waals surface area (Å²) in [5.41, 5.74) is 0.887. The first kappa shape index (κ1) is 15.9. The SMILES string of the molecule is COc1ccc(N2C(=O)N(CC(C)C)C3[C@@H](OC)C=C[C@@H]32)cc1. The van der Waals surface area contributed by atoms with E-state index in [1.807, 2.05) is 34.1 Å². The molecular formula is C18H24N2O3. The van der Waals surface area contributed by atoms with Crippen LogP contribution >= 0.6 is 0 Å². The molecule has 1 aromatic rings. The highest BCUT2D eigenvalue weighted by Gasteiger charge is 2.51. The van der Waals surface area contributed by atoms with Crippen LogP contribution in [0.15, 0.2) is 36.4 Å². The van der Waals surface area contributed by atoms with Crippen molar-refractivity contribution in [3.63, 3.8) is 0 Å². The van der Waals surface area contributed by atoms with E-state index in [-0.39, 0.29) is 24.2 Å². The molecule has 124 valence electrons. The predicted molar refractivity (Wildman–Crippen MR) is 89.9 cm³/mol. The molecule has 23 heavy (non-hydrogen) atoms. The molecule has 5 nitrogen and oxygen atoms in total. The van der Waals surface area contributed by atoms with E-state index in [4.69, 9.17) is 9.47 Å². The fraction of sp³-hybridized carbons (Fsp3) is 0.500. The number of anilines is 1. The molecular weight excluding hydrogens is 292 g/mol. The first-order valence-electron chi connectivity index (χ1n) is 8.01. The molecule has 1 aliphatic heterocycles. The van der Waals surface area contributed by atoms with E-state index in [0.717, 1.165) is 18.0 Å². The largest absolute Gasteiger partial charge is 0.497 e. The molecule has 1 heterocycles. The van der Waals surface area contributed by atoms with Crippen molar-refractivity contribution >= 4 is 11.7 Å². The highest BCUT2D eigenvalue weighted by molar-refractivity contribution is 5.96. The summed E-state index contributed by atoms with van der Waals surface area (Å²) in [6.07, 6.45) is 4.10. The highest BCUT2D eigenvalue weighted by Crippen LogP contribution is 2.37. The van der Waals surface area contributed by atoms with Crippen molar-refractivity contribution in [1.82, 2.24) is 4.90 Å². The number of methoxy groups -OCH3 is 2. The van der Waals surface area contributed by atoms with Crippen LogP contribution in [0.5, 0.6) is 5.75 Å². The lowest BCUT2D eigenvalue weighted by Crippen LogP contribution is -2.44. The molecule has 0 saturated carbocycles. The Bertz CT molecular complexity index is 597. The van der Waals surface area contributed by atoms with Gasteiger partial charge in [0.15, 0.2) is 0 Å². The van der Waals surface area contributed by atoms with E-state index in [0.29, 0.717) is 5.92 Å². The summed E-state index contributed by atoms with van der Waals surface area (Å²) in [6.45, 7) is 4.99. The number of urea groups is 1. The average molecular weight is 316 g/mol. The molecule has 2 aliphatic rings. The van der Waals surface area contributed by atoms with Crippen molar-refractivity contribution in [3.05, 3.63) is 36.4 Å². The van der Waals surface area contributed by atoms with Crippen molar-refractivity contribution in [2.45, 2.75) is 32.0 Å². The lowest BCUT2D eigenvalue weighted by molar-refractivity contribution is 0.0738. The van der Waals surface area contributed by atoms with Gasteiger partial charge in [0.2, 0.25) is 0 Å². The third-order valence-electron chi connectivity index (χ3n) is 4.48. The van der Waals surface area contributed by atoms with Crippen LogP contribution in [-0.4, -0.2) is 49.9 Å². The number of amides is 2. The minimum Gasteiger partial charge on any atom is -0.497 e. The topological polar surface area (TPSA) is 42.0 Å². The van der Waals surface area contributed by atoms with Crippen molar-refractivity contribution < 1.29 is 14.3 Å². The summed E-state index contributed by atoms with van der Waals surface area (Å²) in [5.74, 6) is 1.20. The van der Waals surface area contributed by atoms with Gasteiger partial charge >= 0.3 is 6.03 Å². The zero-order chi connectivity index (χ0) is 16.6. The maximum absolute atomic E-state index is 13.0. The van der Waals surface area contributed by atoms with Gasteiger partial charge < -0.3 is 14.4 Å². The number of carbonyl (C=O) groups excluding carboxylic acids is 1. The monoisotopic (exact) mass is 316 g/mol. The highest BCUT2D eigenvalue weighted by atomic mass is 16.5. The van der Waals surface area contributed by atoms with Gasteiger partial charge in [0.25, 0.3) is 0 Å². The van der Waals surface area contributed by atoms with Gasteiger partial charge in [-0.05, 0) is 30.2 Å². The third kappa shape index (κ3) is 2.70. The Balaban J connectivity index is 1.93. The first-order valence-corrected chi connectivity index (χ1v) is 8.01. The summed E-state index contributed by atoms with van der Waals surface area (Å²) in [7, 11) is 3.34. The number of nitrogens with zero attached hydrogens (tertiary/aromatic N) is 2. The molecule has 1 aliphatic carbocycles. The van der Waals surface area contributed by atoms with Crippen LogP contribution in [-0.2, 0) is 4.74 Å². The number of rotatable bonds is 5. The van der Waals surface area contributed by atoms with E-state index in [2.05, 4.69) is 26.0 Å². The lowest BCUT2D eigenvalue weighted by Gasteiger charge is -2.28. The maximum Gasteiger partial charge on any atom is 0.325 e. The number of benzene rings is 1. The van der Waals surface area contributed by atoms with Crippen LogP contribution in [0.2, 0.25) is 0 Å². The van der Waals surface area contributed by atoms with E-state index >= 15 is 0 Å². The van der Waals surface area contributed by atoms with Crippen LogP contribution in [0.4, 0.5) is 10.5 Å². The van der Waals surface area contributed by atoms with Crippen molar-refractivity contribution in [2.75, 3.05) is 25.7 Å². The second kappa shape index (κ2) is 6.24. The summed E-state index contributed by atoms with van der Waals surface area (Å²) < 4.78 is 10.8. The van der Waals surface area contributed by atoms with Gasteiger partial charge in [0.05, 0.1) is 25.3 Å². The maximum atomic E-state index is 13.0. The van der Waals surface area contributed by atoms with Gasteiger partial charge in [-0.25, -0.2) is 4.79 Å². The minimum absolute atomic E-state index is 0.0135. The van der Waals surface area contributed by atoms with Crippen LogP contribution in [0.25, 0.3) is 0 Å². The Morgan fingerprint density at radius 3 is 2.39 bits per heavy atom. The van der Waals surface area contributed by atoms with E-state index in [1.165, 1.54) is 0 Å². The fourth-order valence-corrected chi connectivity index (χ4v) is 3.48. The van der Waals surface area contributed by atoms with Gasteiger partial charge in [0, 0.05) is 19.3 Å². The number of hydrogen-bond donors (Lipinski definition) is 0. The molecule has 1 fully saturated rings. The Morgan fingerprint density at radius 1 is 1.13 bits per heavy atom. The predicted octanol–water partition coefficient (Wildman–Crippen LogP) is 2.92. The molecule has 1 saturated heterocycles. The molecule has 1 aromatic carbocycles. The molecule has 3 rings (SSSR count). The van der Waals surface area contributed by atoms with E-state index in [1.54, 1.807) is 14.2 Å². The Morgan fingerprint density at radius 2 is 1.83 bits per heavy atom. The molecule has 0 N–H and O–H groups in total. The zero-order valence-corrected chi connectivity index (χ0v) is 14.1. The summed E-state index contributed by atoms with van der Waals surface area (Å²) in [6, 6.07) is 7.73. The fourth-order valence-electron chi connectivity index (χ4n) is 3.48. The molecule has 2 amide bonds. The van der Waals surface area contributed by atoms with Crippen LogP contribution in [0.1, 0.15) is 13.8 Å². The first-order chi connectivity index (χ1) is 11.1. The summed E-state index contributed by atoms with van der Waals surface area (Å²) in [5, 5.41) is 0. The zero-order valence-electron chi connectivity index (χ0n) is 14.1. The van der Waals surface area contributed by atoms with Crippen LogP contribution < -0.4 is 9.64 Å². The molecule has 1 unspecified atom stereocenters. The number of hydrogen-bond acceptors (Lipinski definition) is 3. The number of carbonyl (C=O) groups is 1. The number of fused-ring (bicyclic) bond motifs is 1. The Labute approximate surface area is 137 Å². The van der Waals surface area contributed by atoms with Gasteiger partial charge in [-0.3, -0.25) is 4.90 Å². The minimum atomic E-state index is -0.0500. The Kier molecular flexibility index (Phi) is 4.31. The van der Waals surface area contributed by atoms with Gasteiger partial charge in [-0.15, -0.1) is 0 Å². The quantitative estimate of drug-likeness (QED) is 0.784. The molecule has 5 heteroatoms. The smallest absolute Gasteiger partial charge is 0.325 e. The normalized spacial score (nSPS) is 26.3. The summed E-state index contributed by atoms with van der Waals surface area (Å²) >= 11 is 0. The van der Waals surface area contributed by atoms with Crippen molar-refractivity contribution in [2.24, 2.45) is 5.92 Å². The standard InChI is InChI=1S/C18H24N2O3/c1-12(2)11-19-17-15(9-10-16(17)23-4)20(18(19)21)13-5-7-14(22-3)8-6-13/h5-10,12,15-17H,11H2,1-4H3/t15-,16-,17?/m0/s1. The molecule has 0 radical (unpaired) electrons. The molecule has 0 bridgehead atoms. The Hall–Kier alpha value is -2.01. The third-order valence-corrected chi connectivity index (χ3v) is 4.48. The van der Waals surface area contributed by atoms with E-state index < -0.39 is 0 Å². The molecule has 3 atom stereocenters. The molecule has 0 spiro atoms. The van der Waals surface area contributed by atoms with Crippen molar-refractivity contribution in [1.29, 1.82) is 0 Å². The van der Waals surface area contributed by atoms with Crippen molar-refractivity contribution in [3.8, 4) is 5.75 Å². The number of ether oxygens (including phenoxy) is 2. The second-order valence-electron chi connectivity index (χ2n) is 6.46. The van der Waals surface area contributed by atoms with Gasteiger partial charge in [-0.1, -0.05) is 26.0 Å². The lowest BCUT2D eigenvalue weighted by atomic mass is 10.1. The second-order valence-corrected chi connectivity index (χ2v) is 6.46. The van der Waals surface area contributed by atoms with Gasteiger partial charge in [0.1, 0.15) is 5.75 Å². The molecule has 0 aromatic heterocycles. The van der Waals surface area contributed by atoms with E-state index in [9.17, 15) is 4.79 Å². The van der Waals surface area contributed by atoms with Crippen LogP contribution in [0, 0.1) is 5.92 Å². The van der Waals surface area contributed by atoms with Crippen LogP contribution in [0.3, 0.4) is 0 Å². The van der Waals surface area contributed by atoms with Gasteiger partial charge in [-0.2, -0.15) is 0 Å².